The highest BCUT2D eigenvalue weighted by Gasteiger charge is 2.13. The van der Waals surface area contributed by atoms with Crippen molar-refractivity contribution in [1.29, 1.82) is 0 Å². The molecule has 0 bridgehead atoms. The first-order valence-electron chi connectivity index (χ1n) is 7.28. The van der Waals surface area contributed by atoms with Gasteiger partial charge in [-0.25, -0.2) is 0 Å². The minimum Gasteiger partial charge on any atom is -0.497 e. The van der Waals surface area contributed by atoms with Crippen LogP contribution in [0.2, 0.25) is 0 Å². The van der Waals surface area contributed by atoms with Crippen LogP contribution < -0.4 is 10.1 Å². The van der Waals surface area contributed by atoms with Crippen LogP contribution >= 0.6 is 27.7 Å². The lowest BCUT2D eigenvalue weighted by molar-refractivity contribution is 0.414. The average Bonchev–Trinajstić information content (AvgIpc) is 2.46. The third-order valence-electron chi connectivity index (χ3n) is 3.37. The summed E-state index contributed by atoms with van der Waals surface area (Å²) >= 11 is 5.69. The molecule has 114 valence electrons. The molecular formula is C16H26BrNOS. The Kier molecular flexibility index (Phi) is 8.66. The van der Waals surface area contributed by atoms with E-state index in [0.717, 1.165) is 34.2 Å². The minimum atomic E-state index is 0.502. The molecule has 0 saturated carbocycles. The van der Waals surface area contributed by atoms with Gasteiger partial charge in [-0.1, -0.05) is 36.7 Å². The molecule has 0 aromatic heterocycles. The fourth-order valence-corrected chi connectivity index (χ4v) is 3.42. The topological polar surface area (TPSA) is 21.3 Å². The van der Waals surface area contributed by atoms with Crippen molar-refractivity contribution in [3.8, 4) is 5.75 Å². The van der Waals surface area contributed by atoms with Crippen LogP contribution in [0.5, 0.6) is 5.75 Å². The number of methoxy groups -OCH3 is 1. The van der Waals surface area contributed by atoms with Crippen LogP contribution in [0.4, 0.5) is 0 Å². The fraction of sp³-hybridized carbons (Fsp3) is 0.625. The minimum absolute atomic E-state index is 0.502. The zero-order chi connectivity index (χ0) is 15.0. The zero-order valence-corrected chi connectivity index (χ0v) is 15.3. The summed E-state index contributed by atoms with van der Waals surface area (Å²) in [6.07, 6.45) is 2.25. The lowest BCUT2D eigenvalue weighted by atomic mass is 10.1. The third-order valence-corrected chi connectivity index (χ3v) is 5.64. The number of benzene rings is 1. The summed E-state index contributed by atoms with van der Waals surface area (Å²) < 4.78 is 6.48. The second-order valence-electron chi connectivity index (χ2n) is 4.97. The standard InChI is InChI=1S/C16H26BrNOS/c1-5-12(3)20-11-14(18-6-2)9-13-10-15(19-4)7-8-16(13)17/h7-8,10,12,14,18H,5-6,9,11H2,1-4H3. The summed E-state index contributed by atoms with van der Waals surface area (Å²) in [6.45, 7) is 7.72. The summed E-state index contributed by atoms with van der Waals surface area (Å²) in [6, 6.07) is 6.69. The Morgan fingerprint density at radius 1 is 1.35 bits per heavy atom. The zero-order valence-electron chi connectivity index (χ0n) is 12.9. The molecule has 20 heavy (non-hydrogen) atoms. The van der Waals surface area contributed by atoms with Crippen molar-refractivity contribution >= 4 is 27.7 Å². The molecule has 0 radical (unpaired) electrons. The summed E-state index contributed by atoms with van der Waals surface area (Å²) in [5.41, 5.74) is 1.31. The predicted molar refractivity (Wildman–Crippen MR) is 94.1 cm³/mol. The van der Waals surface area contributed by atoms with Crippen molar-refractivity contribution < 1.29 is 4.74 Å². The van der Waals surface area contributed by atoms with Gasteiger partial charge in [0, 0.05) is 21.5 Å². The van der Waals surface area contributed by atoms with E-state index in [1.54, 1.807) is 7.11 Å². The van der Waals surface area contributed by atoms with Gasteiger partial charge in [0.2, 0.25) is 0 Å². The van der Waals surface area contributed by atoms with Gasteiger partial charge < -0.3 is 10.1 Å². The molecule has 2 unspecified atom stereocenters. The Labute approximate surface area is 136 Å². The Morgan fingerprint density at radius 2 is 2.10 bits per heavy atom. The third kappa shape index (κ3) is 6.06. The van der Waals surface area contributed by atoms with Gasteiger partial charge >= 0.3 is 0 Å². The normalized spacial score (nSPS) is 14.1. The Bertz CT molecular complexity index is 400. The van der Waals surface area contributed by atoms with Crippen molar-refractivity contribution in [2.24, 2.45) is 0 Å². The maximum atomic E-state index is 5.32. The van der Waals surface area contributed by atoms with Crippen LogP contribution in [-0.4, -0.2) is 30.7 Å². The molecule has 0 aliphatic carbocycles. The first-order valence-corrected chi connectivity index (χ1v) is 9.12. The Hall–Kier alpha value is -0.190. The van der Waals surface area contributed by atoms with Crippen LogP contribution in [0.3, 0.4) is 0 Å². The lowest BCUT2D eigenvalue weighted by Gasteiger charge is -2.20. The number of hydrogen-bond donors (Lipinski definition) is 1. The van der Waals surface area contributed by atoms with Crippen LogP contribution in [0.25, 0.3) is 0 Å². The molecule has 1 rings (SSSR count). The first-order chi connectivity index (χ1) is 9.60. The van der Waals surface area contributed by atoms with E-state index in [1.807, 2.05) is 6.07 Å². The summed E-state index contributed by atoms with van der Waals surface area (Å²) in [7, 11) is 1.72. The monoisotopic (exact) mass is 359 g/mol. The van der Waals surface area contributed by atoms with Gasteiger partial charge in [-0.3, -0.25) is 0 Å². The van der Waals surface area contributed by atoms with E-state index in [1.165, 1.54) is 12.0 Å². The van der Waals surface area contributed by atoms with Crippen LogP contribution in [-0.2, 0) is 6.42 Å². The van der Waals surface area contributed by atoms with Gasteiger partial charge in [-0.15, -0.1) is 0 Å². The Morgan fingerprint density at radius 3 is 2.70 bits per heavy atom. The number of thioether (sulfide) groups is 1. The second kappa shape index (κ2) is 9.69. The predicted octanol–water partition coefficient (Wildman–Crippen LogP) is 4.51. The van der Waals surface area contributed by atoms with E-state index in [2.05, 4.69) is 65.9 Å². The van der Waals surface area contributed by atoms with Crippen LogP contribution in [0.1, 0.15) is 32.8 Å². The van der Waals surface area contributed by atoms with Gasteiger partial charge in [-0.2, -0.15) is 11.8 Å². The van der Waals surface area contributed by atoms with Crippen molar-refractivity contribution in [2.45, 2.75) is 44.9 Å². The van der Waals surface area contributed by atoms with Gasteiger partial charge in [0.15, 0.2) is 0 Å². The highest BCUT2D eigenvalue weighted by atomic mass is 79.9. The molecule has 1 aromatic carbocycles. The van der Waals surface area contributed by atoms with E-state index in [4.69, 9.17) is 4.74 Å². The number of ether oxygens (including phenoxy) is 1. The van der Waals surface area contributed by atoms with E-state index >= 15 is 0 Å². The van der Waals surface area contributed by atoms with E-state index in [9.17, 15) is 0 Å². The molecular weight excluding hydrogens is 334 g/mol. The number of likely N-dealkylation sites (N-methyl/N-ethyl adjacent to an activating group) is 1. The first kappa shape index (κ1) is 17.9. The Balaban J connectivity index is 2.68. The molecule has 0 heterocycles. The average molecular weight is 360 g/mol. The molecule has 0 saturated heterocycles. The van der Waals surface area contributed by atoms with Crippen LogP contribution in [0, 0.1) is 0 Å². The van der Waals surface area contributed by atoms with Crippen molar-refractivity contribution in [3.05, 3.63) is 28.2 Å². The number of hydrogen-bond acceptors (Lipinski definition) is 3. The highest BCUT2D eigenvalue weighted by Crippen LogP contribution is 2.25. The molecule has 1 aromatic rings. The summed E-state index contributed by atoms with van der Waals surface area (Å²) in [5.74, 6) is 2.07. The van der Waals surface area contributed by atoms with E-state index < -0.39 is 0 Å². The van der Waals surface area contributed by atoms with Crippen molar-refractivity contribution in [1.82, 2.24) is 5.32 Å². The molecule has 4 heteroatoms. The second-order valence-corrected chi connectivity index (χ2v) is 7.29. The molecule has 0 amide bonds. The fourth-order valence-electron chi connectivity index (χ4n) is 1.98. The molecule has 2 atom stereocenters. The maximum Gasteiger partial charge on any atom is 0.119 e. The summed E-state index contributed by atoms with van der Waals surface area (Å²) in [4.78, 5) is 0. The van der Waals surface area contributed by atoms with E-state index in [-0.39, 0.29) is 0 Å². The maximum absolute atomic E-state index is 5.32. The largest absolute Gasteiger partial charge is 0.497 e. The molecule has 0 aliphatic heterocycles. The molecule has 0 fully saturated rings. The SMILES string of the molecule is CCNC(CSC(C)CC)Cc1cc(OC)ccc1Br. The van der Waals surface area contributed by atoms with Crippen LogP contribution in [0.15, 0.2) is 22.7 Å². The van der Waals surface area contributed by atoms with Gasteiger partial charge in [-0.05, 0) is 43.1 Å². The van der Waals surface area contributed by atoms with E-state index in [0.29, 0.717) is 6.04 Å². The summed E-state index contributed by atoms with van der Waals surface area (Å²) in [5, 5.41) is 4.32. The molecule has 0 spiro atoms. The van der Waals surface area contributed by atoms with Gasteiger partial charge in [0.25, 0.3) is 0 Å². The quantitative estimate of drug-likeness (QED) is 0.700. The lowest BCUT2D eigenvalue weighted by Crippen LogP contribution is -2.33. The van der Waals surface area contributed by atoms with Gasteiger partial charge in [0.1, 0.15) is 5.75 Å². The highest BCUT2D eigenvalue weighted by molar-refractivity contribution is 9.10. The number of halogens is 1. The number of nitrogens with one attached hydrogen (secondary N) is 1. The molecule has 1 N–H and O–H groups in total. The molecule has 2 nitrogen and oxygen atoms in total. The molecule has 0 aliphatic rings. The smallest absolute Gasteiger partial charge is 0.119 e. The van der Waals surface area contributed by atoms with Crippen molar-refractivity contribution in [3.63, 3.8) is 0 Å². The van der Waals surface area contributed by atoms with Gasteiger partial charge in [0.05, 0.1) is 7.11 Å². The van der Waals surface area contributed by atoms with Crippen molar-refractivity contribution in [2.75, 3.05) is 19.4 Å². The number of rotatable bonds is 9.